The summed E-state index contributed by atoms with van der Waals surface area (Å²) in [6.45, 7) is 6.45. The lowest BCUT2D eigenvalue weighted by Gasteiger charge is -2.29. The molecular formula is C15H25N3. The lowest BCUT2D eigenvalue weighted by molar-refractivity contribution is 0.327. The topological polar surface area (TPSA) is 37.8 Å². The van der Waals surface area contributed by atoms with Crippen molar-refractivity contribution in [1.29, 1.82) is 0 Å². The third kappa shape index (κ3) is 3.44. The average molecular weight is 247 g/mol. The van der Waals surface area contributed by atoms with Crippen LogP contribution < -0.4 is 5.32 Å². The average Bonchev–Trinajstić information content (AvgIpc) is 2.38. The number of rotatable bonds is 4. The molecule has 2 rings (SSSR count). The maximum Gasteiger partial charge on any atom is 0.130 e. The lowest BCUT2D eigenvalue weighted by Crippen LogP contribution is -2.27. The van der Waals surface area contributed by atoms with Gasteiger partial charge in [-0.25, -0.2) is 9.97 Å². The molecule has 1 aromatic rings. The molecule has 0 radical (unpaired) electrons. The Bertz CT molecular complexity index is 389. The predicted molar refractivity (Wildman–Crippen MR) is 75.8 cm³/mol. The number of hydrogen-bond acceptors (Lipinski definition) is 3. The Morgan fingerprint density at radius 2 is 2.11 bits per heavy atom. The van der Waals surface area contributed by atoms with Gasteiger partial charge in [0.1, 0.15) is 11.6 Å². The van der Waals surface area contributed by atoms with E-state index in [1.165, 1.54) is 32.1 Å². The molecule has 3 heteroatoms. The van der Waals surface area contributed by atoms with Crippen LogP contribution in [0.25, 0.3) is 0 Å². The fourth-order valence-electron chi connectivity index (χ4n) is 2.86. The highest BCUT2D eigenvalue weighted by Gasteiger charge is 2.20. The first-order valence-electron chi connectivity index (χ1n) is 7.32. The molecule has 0 aliphatic heterocycles. The molecule has 0 amide bonds. The first-order valence-corrected chi connectivity index (χ1v) is 7.32. The number of nitrogens with one attached hydrogen (secondary N) is 1. The van der Waals surface area contributed by atoms with Crippen molar-refractivity contribution in [3.8, 4) is 0 Å². The van der Waals surface area contributed by atoms with Gasteiger partial charge in [-0.2, -0.15) is 0 Å². The van der Waals surface area contributed by atoms with Crippen molar-refractivity contribution < 1.29 is 0 Å². The molecule has 0 saturated heterocycles. The Morgan fingerprint density at radius 1 is 1.28 bits per heavy atom. The molecule has 1 aliphatic carbocycles. The quantitative estimate of drug-likeness (QED) is 0.881. The standard InChI is InChI=1S/C15H25N3/c1-4-12-7-6-8-13(10-12)17-15-9-11(3)16-14(5-2)18-15/h9,12-13H,4-8,10H2,1-3H3,(H,16,17,18). The molecule has 0 aromatic carbocycles. The van der Waals surface area contributed by atoms with Crippen LogP contribution in [0.3, 0.4) is 0 Å². The molecule has 1 heterocycles. The molecule has 1 saturated carbocycles. The molecule has 18 heavy (non-hydrogen) atoms. The smallest absolute Gasteiger partial charge is 0.130 e. The van der Waals surface area contributed by atoms with Crippen LogP contribution >= 0.6 is 0 Å². The minimum Gasteiger partial charge on any atom is -0.367 e. The normalized spacial score (nSPS) is 23.9. The summed E-state index contributed by atoms with van der Waals surface area (Å²) >= 11 is 0. The number of nitrogens with zero attached hydrogens (tertiary/aromatic N) is 2. The highest BCUT2D eigenvalue weighted by Crippen LogP contribution is 2.28. The third-order valence-corrected chi connectivity index (χ3v) is 3.93. The van der Waals surface area contributed by atoms with Crippen molar-refractivity contribution in [2.24, 2.45) is 5.92 Å². The molecule has 1 aromatic heterocycles. The first kappa shape index (κ1) is 13.3. The molecule has 3 nitrogen and oxygen atoms in total. The van der Waals surface area contributed by atoms with Gasteiger partial charge in [0.15, 0.2) is 0 Å². The van der Waals surface area contributed by atoms with E-state index in [9.17, 15) is 0 Å². The van der Waals surface area contributed by atoms with Gasteiger partial charge in [0, 0.05) is 24.2 Å². The SMILES string of the molecule is CCc1nc(C)cc(NC2CCCC(CC)C2)n1. The van der Waals surface area contributed by atoms with E-state index in [1.807, 2.05) is 6.92 Å². The minimum absolute atomic E-state index is 0.600. The Labute approximate surface area is 110 Å². The van der Waals surface area contributed by atoms with Crippen LogP contribution in [0.1, 0.15) is 57.5 Å². The van der Waals surface area contributed by atoms with Crippen molar-refractivity contribution in [2.75, 3.05) is 5.32 Å². The van der Waals surface area contributed by atoms with Gasteiger partial charge in [0.05, 0.1) is 0 Å². The van der Waals surface area contributed by atoms with Crippen molar-refractivity contribution in [3.63, 3.8) is 0 Å². The van der Waals surface area contributed by atoms with E-state index in [2.05, 4.69) is 35.2 Å². The molecular weight excluding hydrogens is 222 g/mol. The van der Waals surface area contributed by atoms with Crippen LogP contribution in [-0.4, -0.2) is 16.0 Å². The summed E-state index contributed by atoms with van der Waals surface area (Å²) in [5.41, 5.74) is 1.06. The van der Waals surface area contributed by atoms with Gasteiger partial charge in [0.25, 0.3) is 0 Å². The van der Waals surface area contributed by atoms with E-state index in [0.717, 1.165) is 29.7 Å². The Hall–Kier alpha value is -1.12. The minimum atomic E-state index is 0.600. The number of anilines is 1. The molecule has 1 aliphatic rings. The summed E-state index contributed by atoms with van der Waals surface area (Å²) in [7, 11) is 0. The summed E-state index contributed by atoms with van der Waals surface area (Å²) in [4.78, 5) is 9.00. The van der Waals surface area contributed by atoms with Gasteiger partial charge in [-0.05, 0) is 25.7 Å². The summed E-state index contributed by atoms with van der Waals surface area (Å²) in [5, 5.41) is 3.61. The van der Waals surface area contributed by atoms with Crippen molar-refractivity contribution in [3.05, 3.63) is 17.6 Å². The maximum absolute atomic E-state index is 4.57. The van der Waals surface area contributed by atoms with Gasteiger partial charge in [0.2, 0.25) is 0 Å². The number of hydrogen-bond donors (Lipinski definition) is 1. The summed E-state index contributed by atoms with van der Waals surface area (Å²) in [5.74, 6) is 2.85. The summed E-state index contributed by atoms with van der Waals surface area (Å²) in [6, 6.07) is 2.66. The first-order chi connectivity index (χ1) is 8.71. The van der Waals surface area contributed by atoms with Gasteiger partial charge in [-0.1, -0.05) is 33.1 Å². The second-order valence-corrected chi connectivity index (χ2v) is 5.45. The van der Waals surface area contributed by atoms with E-state index in [4.69, 9.17) is 0 Å². The molecule has 100 valence electrons. The van der Waals surface area contributed by atoms with Crippen LogP contribution in [0.2, 0.25) is 0 Å². The van der Waals surface area contributed by atoms with Crippen molar-refractivity contribution >= 4 is 5.82 Å². The van der Waals surface area contributed by atoms with E-state index in [1.54, 1.807) is 0 Å². The molecule has 1 N–H and O–H groups in total. The van der Waals surface area contributed by atoms with Gasteiger partial charge < -0.3 is 5.32 Å². The highest BCUT2D eigenvalue weighted by molar-refractivity contribution is 5.37. The molecule has 1 fully saturated rings. The fraction of sp³-hybridized carbons (Fsp3) is 0.733. The Balaban J connectivity index is 2.02. The zero-order valence-corrected chi connectivity index (χ0v) is 11.9. The zero-order valence-electron chi connectivity index (χ0n) is 11.9. The molecule has 2 unspecified atom stereocenters. The second-order valence-electron chi connectivity index (χ2n) is 5.45. The van der Waals surface area contributed by atoms with E-state index >= 15 is 0 Å². The van der Waals surface area contributed by atoms with Gasteiger partial charge in [-0.15, -0.1) is 0 Å². The number of aryl methyl sites for hydroxylation is 2. The lowest BCUT2D eigenvalue weighted by atomic mass is 9.84. The Kier molecular flexibility index (Phi) is 4.56. The van der Waals surface area contributed by atoms with Crippen LogP contribution in [0.4, 0.5) is 5.82 Å². The van der Waals surface area contributed by atoms with Crippen LogP contribution in [0.5, 0.6) is 0 Å². The Morgan fingerprint density at radius 3 is 2.83 bits per heavy atom. The fourth-order valence-corrected chi connectivity index (χ4v) is 2.86. The van der Waals surface area contributed by atoms with Gasteiger partial charge >= 0.3 is 0 Å². The molecule has 0 spiro atoms. The highest BCUT2D eigenvalue weighted by atomic mass is 15.0. The van der Waals surface area contributed by atoms with Crippen molar-refractivity contribution in [1.82, 2.24) is 9.97 Å². The van der Waals surface area contributed by atoms with Crippen LogP contribution in [-0.2, 0) is 6.42 Å². The summed E-state index contributed by atoms with van der Waals surface area (Å²) < 4.78 is 0. The van der Waals surface area contributed by atoms with Gasteiger partial charge in [-0.3, -0.25) is 0 Å². The van der Waals surface area contributed by atoms with E-state index in [0.29, 0.717) is 6.04 Å². The maximum atomic E-state index is 4.57. The zero-order chi connectivity index (χ0) is 13.0. The second kappa shape index (κ2) is 6.17. The number of aromatic nitrogens is 2. The largest absolute Gasteiger partial charge is 0.367 e. The van der Waals surface area contributed by atoms with Crippen LogP contribution in [0, 0.1) is 12.8 Å². The monoisotopic (exact) mass is 247 g/mol. The van der Waals surface area contributed by atoms with E-state index < -0.39 is 0 Å². The van der Waals surface area contributed by atoms with Crippen molar-refractivity contribution in [2.45, 2.75) is 65.3 Å². The summed E-state index contributed by atoms with van der Waals surface area (Å²) in [6.07, 6.45) is 7.53. The van der Waals surface area contributed by atoms with E-state index in [-0.39, 0.29) is 0 Å². The molecule has 2 atom stereocenters. The van der Waals surface area contributed by atoms with Crippen LogP contribution in [0.15, 0.2) is 6.07 Å². The third-order valence-electron chi connectivity index (χ3n) is 3.93. The predicted octanol–water partition coefficient (Wildman–Crippen LogP) is 3.73. The molecule has 0 bridgehead atoms.